The van der Waals surface area contributed by atoms with E-state index in [4.69, 9.17) is 9.47 Å². The maximum Gasteiger partial charge on any atom is 0.402 e. The number of benzene rings is 3. The molecule has 6 heteroatoms. The topological polar surface area (TPSA) is 55.8 Å². The Morgan fingerprint density at radius 3 is 2.03 bits per heavy atom. The molecule has 0 heterocycles. The van der Waals surface area contributed by atoms with Gasteiger partial charge in [0.1, 0.15) is 21.6 Å². The number of ether oxygens (including phenoxy) is 2. The lowest BCUT2D eigenvalue weighted by atomic mass is 9.98. The van der Waals surface area contributed by atoms with Gasteiger partial charge in [0.05, 0.1) is 6.61 Å². The highest BCUT2D eigenvalue weighted by Crippen LogP contribution is 2.44. The maximum absolute atomic E-state index is 13.6. The summed E-state index contributed by atoms with van der Waals surface area (Å²) in [4.78, 5) is 26.7. The molecule has 0 aliphatic heterocycles. The summed E-state index contributed by atoms with van der Waals surface area (Å²) in [7, 11) is -1.80. The summed E-state index contributed by atoms with van der Waals surface area (Å²) < 4.78 is 13.0. The molecule has 3 aromatic carbocycles. The molecule has 0 radical (unpaired) electrons. The smallest absolute Gasteiger partial charge is 0.402 e. The lowest BCUT2D eigenvalue weighted by molar-refractivity contribution is -0.147. The van der Waals surface area contributed by atoms with E-state index >= 15 is 0 Å². The Morgan fingerprint density at radius 2 is 1.49 bits per heavy atom. The van der Waals surface area contributed by atoms with Gasteiger partial charge >= 0.3 is 12.1 Å². The van der Waals surface area contributed by atoms with Gasteiger partial charge in [-0.3, -0.25) is 0 Å². The third-order valence-corrected chi connectivity index (χ3v) is 8.51. The van der Waals surface area contributed by atoms with Crippen LogP contribution in [0.4, 0.5) is 4.79 Å². The Labute approximate surface area is 221 Å². The second-order valence-electron chi connectivity index (χ2n) is 9.59. The largest absolute Gasteiger partial charge is 0.464 e. The summed E-state index contributed by atoms with van der Waals surface area (Å²) in [6.45, 7) is 10.1. The van der Waals surface area contributed by atoms with Crippen molar-refractivity contribution in [1.82, 2.24) is 4.57 Å². The molecule has 0 saturated heterocycles. The third-order valence-electron chi connectivity index (χ3n) is 6.83. The first-order valence-electron chi connectivity index (χ1n) is 12.9. The van der Waals surface area contributed by atoms with Gasteiger partial charge in [0.25, 0.3) is 0 Å². The van der Waals surface area contributed by atoms with Gasteiger partial charge in [0.15, 0.2) is 0 Å². The predicted molar refractivity (Wildman–Crippen MR) is 150 cm³/mol. The average molecular weight is 514 g/mol. The number of esters is 1. The fourth-order valence-electron chi connectivity index (χ4n) is 5.10. The van der Waals surface area contributed by atoms with Crippen LogP contribution in [-0.2, 0) is 27.1 Å². The number of hydrogen-bond acceptors (Lipinski definition) is 4. The lowest BCUT2D eigenvalue weighted by Crippen LogP contribution is -2.53. The molecule has 0 bridgehead atoms. The van der Waals surface area contributed by atoms with E-state index in [2.05, 4.69) is 30.8 Å². The summed E-state index contributed by atoms with van der Waals surface area (Å²) in [5.74, 6) is -0.433. The van der Waals surface area contributed by atoms with Gasteiger partial charge < -0.3 is 14.0 Å². The number of allylic oxidation sites excluding steroid dienone is 1. The number of rotatable bonds is 10. The summed E-state index contributed by atoms with van der Waals surface area (Å²) in [6.07, 6.45) is 2.57. The van der Waals surface area contributed by atoms with Gasteiger partial charge in [-0.2, -0.15) is 0 Å². The second kappa shape index (κ2) is 12.1. The monoisotopic (exact) mass is 513 g/mol. The Morgan fingerprint density at radius 1 is 0.919 bits per heavy atom. The number of hydrogen-bond donors (Lipinski definition) is 0. The van der Waals surface area contributed by atoms with Gasteiger partial charge in [-0.15, -0.1) is 6.58 Å². The molecule has 37 heavy (non-hydrogen) atoms. The van der Waals surface area contributed by atoms with E-state index in [0.29, 0.717) is 6.42 Å². The van der Waals surface area contributed by atoms with Gasteiger partial charge in [-0.05, 0) is 46.7 Å². The summed E-state index contributed by atoms with van der Waals surface area (Å²) in [5.41, 5.74) is 6.80. The predicted octanol–water partition coefficient (Wildman–Crippen LogP) is 6.12. The maximum atomic E-state index is 13.6. The Balaban J connectivity index is 1.55. The molecule has 3 aromatic rings. The van der Waals surface area contributed by atoms with Gasteiger partial charge in [0.2, 0.25) is 0 Å². The van der Waals surface area contributed by atoms with E-state index in [1.807, 2.05) is 67.7 Å². The molecule has 1 aliphatic carbocycles. The van der Waals surface area contributed by atoms with Crippen molar-refractivity contribution in [3.8, 4) is 11.1 Å². The first kappa shape index (κ1) is 26.4. The van der Waals surface area contributed by atoms with E-state index in [9.17, 15) is 9.59 Å². The zero-order valence-corrected chi connectivity index (χ0v) is 23.0. The van der Waals surface area contributed by atoms with Crippen molar-refractivity contribution in [2.75, 3.05) is 13.2 Å². The van der Waals surface area contributed by atoms with Crippen molar-refractivity contribution in [1.29, 1.82) is 0 Å². The van der Waals surface area contributed by atoms with Crippen molar-refractivity contribution in [3.05, 3.63) is 108 Å². The SMILES string of the molecule is C=CCc1ccc(C[C@@H](C(=O)OCC)N(C(=O)OCC2c3ccccc3-c3ccccc32)[SiH](C)C)cc1. The molecule has 0 fully saturated rings. The number of carbonyl (C=O) groups is 2. The molecule has 0 saturated carbocycles. The molecule has 0 aromatic heterocycles. The summed E-state index contributed by atoms with van der Waals surface area (Å²) in [5, 5.41) is 0. The minimum atomic E-state index is -1.80. The first-order chi connectivity index (χ1) is 17.9. The van der Waals surface area contributed by atoms with E-state index in [-0.39, 0.29) is 19.1 Å². The second-order valence-corrected chi connectivity index (χ2v) is 12.3. The van der Waals surface area contributed by atoms with Crippen molar-refractivity contribution >= 4 is 21.0 Å². The highest BCUT2D eigenvalue weighted by Gasteiger charge is 2.36. The van der Waals surface area contributed by atoms with Crippen LogP contribution in [0.3, 0.4) is 0 Å². The first-order valence-corrected chi connectivity index (χ1v) is 15.8. The van der Waals surface area contributed by atoms with Gasteiger partial charge in [-0.1, -0.05) is 92.0 Å². The highest BCUT2D eigenvalue weighted by atomic mass is 28.3. The van der Waals surface area contributed by atoms with E-state index in [1.165, 1.54) is 11.1 Å². The van der Waals surface area contributed by atoms with Crippen LogP contribution in [-0.4, -0.2) is 44.8 Å². The van der Waals surface area contributed by atoms with Crippen LogP contribution in [0, 0.1) is 0 Å². The lowest BCUT2D eigenvalue weighted by Gasteiger charge is -2.33. The van der Waals surface area contributed by atoms with E-state index in [0.717, 1.165) is 28.7 Å². The zero-order valence-electron chi connectivity index (χ0n) is 21.9. The molecule has 1 atom stereocenters. The highest BCUT2D eigenvalue weighted by molar-refractivity contribution is 6.55. The molecule has 5 nitrogen and oxygen atoms in total. The van der Waals surface area contributed by atoms with Crippen molar-refractivity contribution < 1.29 is 19.1 Å². The van der Waals surface area contributed by atoms with E-state index in [1.54, 1.807) is 11.5 Å². The Bertz CT molecular complexity index is 1210. The summed E-state index contributed by atoms with van der Waals surface area (Å²) >= 11 is 0. The molecule has 1 amide bonds. The van der Waals surface area contributed by atoms with Crippen molar-refractivity contribution in [2.24, 2.45) is 0 Å². The molecule has 1 aliphatic rings. The van der Waals surface area contributed by atoms with Crippen LogP contribution in [0.5, 0.6) is 0 Å². The standard InChI is InChI=1S/C31H35NO4Si/c1-5-11-22-16-18-23(19-17-22)20-29(30(33)35-6-2)32(37(3)4)31(34)36-21-28-26-14-9-7-12-24(26)25-13-8-10-15-27(25)28/h5,7-10,12-19,28-29,37H,1,6,11,20-21H2,2-4H3/t29-/m0/s1. The van der Waals surface area contributed by atoms with Crippen LogP contribution in [0.15, 0.2) is 85.5 Å². The molecule has 0 N–H and O–H groups in total. The summed E-state index contributed by atoms with van der Waals surface area (Å²) in [6, 6.07) is 23.9. The van der Waals surface area contributed by atoms with Gasteiger partial charge in [-0.25, -0.2) is 9.59 Å². The number of nitrogens with zero attached hydrogens (tertiary/aromatic N) is 1. The number of fused-ring (bicyclic) bond motifs is 3. The fraction of sp³-hybridized carbons (Fsp3) is 0.290. The molecule has 0 unspecified atom stereocenters. The average Bonchev–Trinajstić information content (AvgIpc) is 3.22. The quantitative estimate of drug-likeness (QED) is 0.186. The van der Waals surface area contributed by atoms with Crippen molar-refractivity contribution in [3.63, 3.8) is 0 Å². The molecule has 0 spiro atoms. The van der Waals surface area contributed by atoms with Crippen molar-refractivity contribution in [2.45, 2.75) is 44.8 Å². The molecule has 192 valence electrons. The minimum absolute atomic E-state index is 0.0366. The minimum Gasteiger partial charge on any atom is -0.464 e. The zero-order chi connectivity index (χ0) is 26.4. The fourth-order valence-corrected chi connectivity index (χ4v) is 6.54. The Hall–Kier alpha value is -3.64. The van der Waals surface area contributed by atoms with Crippen LogP contribution in [0.1, 0.15) is 35.1 Å². The van der Waals surface area contributed by atoms with Gasteiger partial charge in [0, 0.05) is 12.3 Å². The van der Waals surface area contributed by atoms with Crippen LogP contribution < -0.4 is 0 Å². The van der Waals surface area contributed by atoms with Crippen LogP contribution in [0.25, 0.3) is 11.1 Å². The number of carbonyl (C=O) groups excluding carboxylic acids is 2. The third kappa shape index (κ3) is 5.86. The molecular weight excluding hydrogens is 478 g/mol. The normalized spacial score (nSPS) is 13.0. The van der Waals surface area contributed by atoms with Crippen LogP contribution in [0.2, 0.25) is 13.1 Å². The van der Waals surface area contributed by atoms with Crippen LogP contribution >= 0.6 is 0 Å². The van der Waals surface area contributed by atoms with E-state index < -0.39 is 27.1 Å². The number of amides is 1. The Kier molecular flexibility index (Phi) is 8.61. The molecule has 4 rings (SSSR count). The molecular formula is C31H35NO4Si.